The van der Waals surface area contributed by atoms with Crippen LogP contribution in [-0.4, -0.2) is 49.6 Å². The third-order valence-corrected chi connectivity index (χ3v) is 5.02. The highest BCUT2D eigenvalue weighted by atomic mass is 16.5. The number of hydrogen-bond acceptors (Lipinski definition) is 5. The van der Waals surface area contributed by atoms with Crippen LogP contribution in [0, 0.1) is 5.92 Å². The summed E-state index contributed by atoms with van der Waals surface area (Å²) in [5.41, 5.74) is 1.87. The van der Waals surface area contributed by atoms with Crippen LogP contribution in [0.2, 0.25) is 0 Å². The van der Waals surface area contributed by atoms with Gasteiger partial charge in [-0.3, -0.25) is 9.59 Å². The van der Waals surface area contributed by atoms with E-state index in [0.717, 1.165) is 43.4 Å². The van der Waals surface area contributed by atoms with Gasteiger partial charge in [-0.1, -0.05) is 0 Å². The number of morpholine rings is 1. The number of amides is 2. The van der Waals surface area contributed by atoms with Crippen LogP contribution < -0.4 is 10.2 Å². The molecule has 2 aliphatic heterocycles. The van der Waals surface area contributed by atoms with Gasteiger partial charge in [-0.05, 0) is 36.4 Å². The van der Waals surface area contributed by atoms with Crippen LogP contribution >= 0.6 is 0 Å². The second-order valence-corrected chi connectivity index (χ2v) is 6.89. The molecule has 1 aromatic carbocycles. The highest BCUT2D eigenvalue weighted by Gasteiger charge is 2.34. The number of carbonyl (C=O) groups is 2. The third kappa shape index (κ3) is 4.14. The third-order valence-electron chi connectivity index (χ3n) is 5.02. The molecule has 27 heavy (non-hydrogen) atoms. The van der Waals surface area contributed by atoms with Crippen LogP contribution in [0.25, 0.3) is 0 Å². The zero-order valence-electron chi connectivity index (χ0n) is 15.1. The van der Waals surface area contributed by atoms with Gasteiger partial charge in [-0.15, -0.1) is 0 Å². The van der Waals surface area contributed by atoms with Crippen molar-refractivity contribution < 1.29 is 18.7 Å². The van der Waals surface area contributed by atoms with Gasteiger partial charge in [0.25, 0.3) is 0 Å². The Hall–Kier alpha value is -2.80. The number of nitrogens with zero attached hydrogens (tertiary/aromatic N) is 2. The number of rotatable bonds is 5. The van der Waals surface area contributed by atoms with E-state index in [1.807, 2.05) is 30.3 Å². The van der Waals surface area contributed by atoms with Crippen LogP contribution in [0.1, 0.15) is 12.2 Å². The Kier molecular flexibility index (Phi) is 5.11. The fraction of sp³-hybridized carbons (Fsp3) is 0.400. The van der Waals surface area contributed by atoms with Gasteiger partial charge >= 0.3 is 0 Å². The maximum Gasteiger partial charge on any atom is 0.229 e. The first kappa shape index (κ1) is 17.6. The molecule has 0 bridgehead atoms. The predicted octanol–water partition coefficient (Wildman–Crippen LogP) is 2.10. The van der Waals surface area contributed by atoms with Crippen molar-refractivity contribution in [3.8, 4) is 0 Å². The van der Waals surface area contributed by atoms with Crippen LogP contribution in [0.5, 0.6) is 0 Å². The van der Waals surface area contributed by atoms with Crippen molar-refractivity contribution in [2.24, 2.45) is 5.92 Å². The lowest BCUT2D eigenvalue weighted by atomic mass is 10.1. The minimum atomic E-state index is -0.341. The van der Waals surface area contributed by atoms with E-state index >= 15 is 0 Å². The predicted molar refractivity (Wildman–Crippen MR) is 100 cm³/mol. The number of anilines is 2. The fourth-order valence-electron chi connectivity index (χ4n) is 3.51. The standard InChI is InChI=1S/C20H23N3O4/c24-19-12-15(13-23(19)14-18-2-1-9-27-18)20(25)21-16-3-5-17(6-4-16)22-7-10-26-11-8-22/h1-6,9,15H,7-8,10-14H2,(H,21,25)/t15-/m1/s1. The highest BCUT2D eigenvalue weighted by Crippen LogP contribution is 2.23. The molecule has 2 amide bonds. The van der Waals surface area contributed by atoms with Crippen molar-refractivity contribution in [3.05, 3.63) is 48.4 Å². The monoisotopic (exact) mass is 369 g/mol. The molecule has 1 N–H and O–H groups in total. The van der Waals surface area contributed by atoms with E-state index in [0.29, 0.717) is 13.1 Å². The molecule has 0 aliphatic carbocycles. The molecular weight excluding hydrogens is 346 g/mol. The Balaban J connectivity index is 1.33. The maximum atomic E-state index is 12.6. The summed E-state index contributed by atoms with van der Waals surface area (Å²) < 4.78 is 10.7. The zero-order chi connectivity index (χ0) is 18.6. The normalized spacial score (nSPS) is 20.1. The lowest BCUT2D eigenvalue weighted by Gasteiger charge is -2.28. The van der Waals surface area contributed by atoms with Crippen molar-refractivity contribution in [2.75, 3.05) is 43.1 Å². The van der Waals surface area contributed by atoms with Crippen molar-refractivity contribution in [3.63, 3.8) is 0 Å². The quantitative estimate of drug-likeness (QED) is 0.874. The maximum absolute atomic E-state index is 12.6. The number of carbonyl (C=O) groups excluding carboxylic acids is 2. The van der Waals surface area contributed by atoms with Crippen LogP contribution in [0.3, 0.4) is 0 Å². The minimum absolute atomic E-state index is 0.0192. The van der Waals surface area contributed by atoms with Gasteiger partial charge in [0.2, 0.25) is 11.8 Å². The van der Waals surface area contributed by atoms with E-state index in [4.69, 9.17) is 9.15 Å². The molecule has 7 nitrogen and oxygen atoms in total. The van der Waals surface area contributed by atoms with Crippen LogP contribution in [-0.2, 0) is 20.9 Å². The molecule has 2 aliphatic rings. The molecular formula is C20H23N3O4. The first-order valence-electron chi connectivity index (χ1n) is 9.23. The first-order valence-corrected chi connectivity index (χ1v) is 9.23. The summed E-state index contributed by atoms with van der Waals surface area (Å²) in [5.74, 6) is 0.244. The molecule has 1 atom stereocenters. The molecule has 0 spiro atoms. The largest absolute Gasteiger partial charge is 0.467 e. The molecule has 3 heterocycles. The van der Waals surface area contributed by atoms with E-state index in [2.05, 4.69) is 10.2 Å². The van der Waals surface area contributed by atoms with Gasteiger partial charge in [0, 0.05) is 37.4 Å². The van der Waals surface area contributed by atoms with Crippen molar-refractivity contribution >= 4 is 23.2 Å². The topological polar surface area (TPSA) is 75.0 Å². The van der Waals surface area contributed by atoms with Gasteiger partial charge in [0.1, 0.15) is 5.76 Å². The molecule has 4 rings (SSSR count). The van der Waals surface area contributed by atoms with Crippen molar-refractivity contribution in [1.29, 1.82) is 0 Å². The molecule has 2 saturated heterocycles. The highest BCUT2D eigenvalue weighted by molar-refractivity contribution is 5.97. The second kappa shape index (κ2) is 7.84. The summed E-state index contributed by atoms with van der Waals surface area (Å²) in [6, 6.07) is 11.4. The summed E-state index contributed by atoms with van der Waals surface area (Å²) in [6.07, 6.45) is 1.82. The number of benzene rings is 1. The van der Waals surface area contributed by atoms with Gasteiger partial charge < -0.3 is 24.3 Å². The summed E-state index contributed by atoms with van der Waals surface area (Å²) in [6.45, 7) is 4.05. The van der Waals surface area contributed by atoms with Crippen LogP contribution in [0.4, 0.5) is 11.4 Å². The minimum Gasteiger partial charge on any atom is -0.467 e. The molecule has 1 aromatic heterocycles. The number of hydrogen-bond donors (Lipinski definition) is 1. The van der Waals surface area contributed by atoms with Crippen LogP contribution in [0.15, 0.2) is 47.1 Å². The molecule has 0 unspecified atom stereocenters. The molecule has 2 fully saturated rings. The number of nitrogens with one attached hydrogen (secondary N) is 1. The number of likely N-dealkylation sites (tertiary alicyclic amines) is 1. The number of furan rings is 1. The second-order valence-electron chi connectivity index (χ2n) is 6.89. The fourth-order valence-corrected chi connectivity index (χ4v) is 3.51. The van der Waals surface area contributed by atoms with Crippen molar-refractivity contribution in [2.45, 2.75) is 13.0 Å². The van der Waals surface area contributed by atoms with E-state index in [1.54, 1.807) is 17.2 Å². The van der Waals surface area contributed by atoms with Gasteiger partial charge in [0.15, 0.2) is 0 Å². The van der Waals surface area contributed by atoms with Gasteiger partial charge in [-0.2, -0.15) is 0 Å². The number of ether oxygens (including phenoxy) is 1. The average Bonchev–Trinajstić information content (AvgIpc) is 3.34. The summed E-state index contributed by atoms with van der Waals surface area (Å²) >= 11 is 0. The molecule has 142 valence electrons. The molecule has 2 aromatic rings. The van der Waals surface area contributed by atoms with E-state index in [9.17, 15) is 9.59 Å². The molecule has 0 radical (unpaired) electrons. The average molecular weight is 369 g/mol. The zero-order valence-corrected chi connectivity index (χ0v) is 15.1. The Bertz CT molecular complexity index is 782. The first-order chi connectivity index (χ1) is 13.2. The Morgan fingerprint density at radius 2 is 1.93 bits per heavy atom. The van der Waals surface area contributed by atoms with E-state index in [-0.39, 0.29) is 24.2 Å². The lowest BCUT2D eigenvalue weighted by Crippen LogP contribution is -2.36. The Morgan fingerprint density at radius 1 is 1.15 bits per heavy atom. The summed E-state index contributed by atoms with van der Waals surface area (Å²) in [7, 11) is 0. The summed E-state index contributed by atoms with van der Waals surface area (Å²) in [5, 5.41) is 2.93. The van der Waals surface area contributed by atoms with Gasteiger partial charge in [-0.25, -0.2) is 0 Å². The SMILES string of the molecule is O=C(Nc1ccc(N2CCOCC2)cc1)[C@@H]1CC(=O)N(Cc2ccco2)C1. The van der Waals surface area contributed by atoms with Gasteiger partial charge in [0.05, 0.1) is 31.9 Å². The smallest absolute Gasteiger partial charge is 0.229 e. The lowest BCUT2D eigenvalue weighted by molar-refractivity contribution is -0.128. The molecule has 0 saturated carbocycles. The van der Waals surface area contributed by atoms with Crippen molar-refractivity contribution in [1.82, 2.24) is 4.90 Å². The summed E-state index contributed by atoms with van der Waals surface area (Å²) in [4.78, 5) is 28.7. The van der Waals surface area contributed by atoms with E-state index < -0.39 is 0 Å². The molecule has 7 heteroatoms. The Morgan fingerprint density at radius 3 is 2.63 bits per heavy atom. The van der Waals surface area contributed by atoms with E-state index in [1.165, 1.54) is 0 Å². The Labute approximate surface area is 157 Å².